The summed E-state index contributed by atoms with van der Waals surface area (Å²) in [5.74, 6) is 0. The van der Waals surface area contributed by atoms with Gasteiger partial charge in [0, 0.05) is 37.8 Å². The highest BCUT2D eigenvalue weighted by Gasteiger charge is 2.33. The second-order valence-electron chi connectivity index (χ2n) is 3.61. The van der Waals surface area contributed by atoms with Gasteiger partial charge in [-0.25, -0.2) is 0 Å². The Morgan fingerprint density at radius 3 is 2.79 bits per heavy atom. The quantitative estimate of drug-likeness (QED) is 0.689. The molecular weight excluding hydrogens is 180 g/mol. The first-order valence-electron chi connectivity index (χ1n) is 4.72. The van der Waals surface area contributed by atoms with Crippen LogP contribution in [0.2, 0.25) is 0 Å². The Balaban J connectivity index is 2.32. The van der Waals surface area contributed by atoms with Gasteiger partial charge in [0.15, 0.2) is 0 Å². The lowest BCUT2D eigenvalue weighted by molar-refractivity contribution is -0.0674. The maximum atomic E-state index is 10.3. The minimum absolute atomic E-state index is 0.553. The first-order chi connectivity index (χ1) is 6.72. The number of hydrogen-bond acceptors (Lipinski definition) is 4. The zero-order valence-electron chi connectivity index (χ0n) is 7.94. The molecule has 0 saturated carbocycles. The number of anilines is 1. The Hall–Kier alpha value is -1.13. The summed E-state index contributed by atoms with van der Waals surface area (Å²) in [7, 11) is 0. The van der Waals surface area contributed by atoms with Crippen LogP contribution in [-0.4, -0.2) is 23.3 Å². The van der Waals surface area contributed by atoms with Crippen molar-refractivity contribution in [3.05, 3.63) is 24.0 Å². The van der Waals surface area contributed by atoms with E-state index in [0.29, 0.717) is 31.7 Å². The molecular formula is C10H14N2O2. The third-order valence-electron chi connectivity index (χ3n) is 2.67. The third-order valence-corrected chi connectivity index (χ3v) is 2.67. The third kappa shape index (κ3) is 1.58. The zero-order valence-corrected chi connectivity index (χ0v) is 7.94. The van der Waals surface area contributed by atoms with Gasteiger partial charge in [0.05, 0.1) is 17.5 Å². The lowest BCUT2D eigenvalue weighted by Crippen LogP contribution is -2.34. The van der Waals surface area contributed by atoms with Crippen LogP contribution in [0.25, 0.3) is 0 Å². The van der Waals surface area contributed by atoms with Crippen molar-refractivity contribution < 1.29 is 9.84 Å². The summed E-state index contributed by atoms with van der Waals surface area (Å²) in [6.07, 6.45) is 4.42. The zero-order chi connectivity index (χ0) is 10.0. The van der Waals surface area contributed by atoms with Crippen molar-refractivity contribution in [1.29, 1.82) is 0 Å². The van der Waals surface area contributed by atoms with E-state index >= 15 is 0 Å². The summed E-state index contributed by atoms with van der Waals surface area (Å²) in [5, 5.41) is 10.3. The van der Waals surface area contributed by atoms with Crippen molar-refractivity contribution in [1.82, 2.24) is 4.98 Å². The maximum absolute atomic E-state index is 10.3. The predicted molar refractivity (Wildman–Crippen MR) is 52.6 cm³/mol. The smallest absolute Gasteiger partial charge is 0.0961 e. The number of pyridine rings is 1. The molecule has 0 amide bonds. The van der Waals surface area contributed by atoms with Gasteiger partial charge in [-0.3, -0.25) is 4.98 Å². The van der Waals surface area contributed by atoms with E-state index in [1.54, 1.807) is 18.5 Å². The minimum atomic E-state index is -0.828. The van der Waals surface area contributed by atoms with E-state index in [1.165, 1.54) is 0 Å². The van der Waals surface area contributed by atoms with Gasteiger partial charge in [0.1, 0.15) is 0 Å². The van der Waals surface area contributed by atoms with Crippen LogP contribution in [0.1, 0.15) is 18.4 Å². The van der Waals surface area contributed by atoms with Gasteiger partial charge in [-0.05, 0) is 6.07 Å². The maximum Gasteiger partial charge on any atom is 0.0961 e. The summed E-state index contributed by atoms with van der Waals surface area (Å²) in [6.45, 7) is 1.16. The van der Waals surface area contributed by atoms with E-state index in [1.807, 2.05) is 0 Å². The van der Waals surface area contributed by atoms with Crippen LogP contribution in [0.4, 0.5) is 5.69 Å². The monoisotopic (exact) mass is 194 g/mol. The van der Waals surface area contributed by atoms with Gasteiger partial charge in [0.2, 0.25) is 0 Å². The van der Waals surface area contributed by atoms with Crippen molar-refractivity contribution in [3.8, 4) is 0 Å². The number of rotatable bonds is 1. The number of ether oxygens (including phenoxy) is 1. The molecule has 0 aromatic carbocycles. The Labute approximate surface area is 82.7 Å². The van der Waals surface area contributed by atoms with E-state index in [-0.39, 0.29) is 0 Å². The highest BCUT2D eigenvalue weighted by molar-refractivity contribution is 5.47. The molecule has 0 spiro atoms. The number of aliphatic hydroxyl groups is 1. The Bertz CT molecular complexity index is 322. The molecule has 0 aliphatic carbocycles. The van der Waals surface area contributed by atoms with Crippen molar-refractivity contribution in [2.45, 2.75) is 18.4 Å². The topological polar surface area (TPSA) is 68.4 Å². The van der Waals surface area contributed by atoms with Crippen molar-refractivity contribution >= 4 is 5.69 Å². The highest BCUT2D eigenvalue weighted by Crippen LogP contribution is 2.34. The van der Waals surface area contributed by atoms with Crippen LogP contribution in [0.3, 0.4) is 0 Å². The van der Waals surface area contributed by atoms with Crippen molar-refractivity contribution in [2.75, 3.05) is 18.9 Å². The number of nitrogen functional groups attached to an aromatic ring is 1. The number of hydrogen-bond donors (Lipinski definition) is 2. The van der Waals surface area contributed by atoms with E-state index < -0.39 is 5.60 Å². The first-order valence-corrected chi connectivity index (χ1v) is 4.72. The second-order valence-corrected chi connectivity index (χ2v) is 3.61. The fourth-order valence-electron chi connectivity index (χ4n) is 1.81. The molecule has 14 heavy (non-hydrogen) atoms. The summed E-state index contributed by atoms with van der Waals surface area (Å²) in [4.78, 5) is 3.90. The molecule has 4 nitrogen and oxygen atoms in total. The van der Waals surface area contributed by atoms with Crippen LogP contribution >= 0.6 is 0 Å². The molecule has 0 unspecified atom stereocenters. The lowest BCUT2D eigenvalue weighted by Gasteiger charge is -2.33. The largest absolute Gasteiger partial charge is 0.397 e. The Morgan fingerprint density at radius 2 is 2.14 bits per heavy atom. The predicted octanol–water partition coefficient (Wildman–Crippen LogP) is 0.662. The van der Waals surface area contributed by atoms with E-state index in [4.69, 9.17) is 10.5 Å². The molecule has 0 bridgehead atoms. The Morgan fingerprint density at radius 1 is 1.43 bits per heavy atom. The standard InChI is InChI=1S/C10H14N2O2/c11-9-7-12-4-1-8(9)10(13)2-5-14-6-3-10/h1,4,7,13H,2-3,5-6,11H2. The van der Waals surface area contributed by atoms with Crippen LogP contribution in [0.5, 0.6) is 0 Å². The molecule has 3 N–H and O–H groups in total. The summed E-state index contributed by atoms with van der Waals surface area (Å²) < 4.78 is 5.21. The minimum Gasteiger partial charge on any atom is -0.397 e. The van der Waals surface area contributed by atoms with E-state index in [2.05, 4.69) is 4.98 Å². The molecule has 76 valence electrons. The Kier molecular flexibility index (Phi) is 2.39. The van der Waals surface area contributed by atoms with E-state index in [0.717, 1.165) is 5.56 Å². The van der Waals surface area contributed by atoms with E-state index in [9.17, 15) is 5.11 Å². The van der Waals surface area contributed by atoms with Crippen molar-refractivity contribution in [3.63, 3.8) is 0 Å². The summed E-state index contributed by atoms with van der Waals surface area (Å²) in [5.41, 5.74) is 6.27. The van der Waals surface area contributed by atoms with Gasteiger partial charge in [-0.15, -0.1) is 0 Å². The fourth-order valence-corrected chi connectivity index (χ4v) is 1.81. The number of aromatic nitrogens is 1. The van der Waals surface area contributed by atoms with Gasteiger partial charge in [-0.1, -0.05) is 0 Å². The fraction of sp³-hybridized carbons (Fsp3) is 0.500. The second kappa shape index (κ2) is 3.55. The summed E-state index contributed by atoms with van der Waals surface area (Å²) >= 11 is 0. The molecule has 0 radical (unpaired) electrons. The number of nitrogens with two attached hydrogens (primary N) is 1. The molecule has 2 heterocycles. The SMILES string of the molecule is Nc1cnccc1C1(O)CCOCC1. The normalized spacial score (nSPS) is 20.6. The van der Waals surface area contributed by atoms with Gasteiger partial charge < -0.3 is 15.6 Å². The molecule has 1 aromatic rings. The van der Waals surface area contributed by atoms with Crippen LogP contribution in [0.15, 0.2) is 18.5 Å². The summed E-state index contributed by atoms with van der Waals surface area (Å²) in [6, 6.07) is 1.78. The highest BCUT2D eigenvalue weighted by atomic mass is 16.5. The van der Waals surface area contributed by atoms with Gasteiger partial charge >= 0.3 is 0 Å². The van der Waals surface area contributed by atoms with Gasteiger partial charge in [-0.2, -0.15) is 0 Å². The van der Waals surface area contributed by atoms with Crippen LogP contribution in [-0.2, 0) is 10.3 Å². The lowest BCUT2D eigenvalue weighted by atomic mass is 9.86. The molecule has 1 saturated heterocycles. The van der Waals surface area contributed by atoms with Crippen LogP contribution < -0.4 is 5.73 Å². The molecule has 1 aliphatic rings. The molecule has 1 aliphatic heterocycles. The molecule has 1 fully saturated rings. The molecule has 1 aromatic heterocycles. The molecule has 4 heteroatoms. The number of nitrogens with zero attached hydrogens (tertiary/aromatic N) is 1. The average molecular weight is 194 g/mol. The van der Waals surface area contributed by atoms with Crippen molar-refractivity contribution in [2.24, 2.45) is 0 Å². The molecule has 0 atom stereocenters. The van der Waals surface area contributed by atoms with Gasteiger partial charge in [0.25, 0.3) is 0 Å². The molecule has 2 rings (SSSR count). The van der Waals surface area contributed by atoms with Crippen LogP contribution in [0, 0.1) is 0 Å². The first kappa shape index (κ1) is 9.43. The average Bonchev–Trinajstić information content (AvgIpc) is 2.19.